The molecule has 0 radical (unpaired) electrons. The standard InChI is InChI=1S/C12H18N2/c1-7-6-9-4-3-5-10(13)11(9)8(2)12(7)14/h6,10H,3-5,13-14H2,1-2H3/t10-/m1/s1. The van der Waals surface area contributed by atoms with Crippen LogP contribution in [0.25, 0.3) is 0 Å². The van der Waals surface area contributed by atoms with Gasteiger partial charge in [0.05, 0.1) is 0 Å². The van der Waals surface area contributed by atoms with E-state index in [9.17, 15) is 0 Å². The van der Waals surface area contributed by atoms with E-state index < -0.39 is 0 Å². The van der Waals surface area contributed by atoms with Crippen molar-refractivity contribution in [2.75, 3.05) is 5.73 Å². The lowest BCUT2D eigenvalue weighted by Crippen LogP contribution is -2.20. The minimum absolute atomic E-state index is 0.196. The average molecular weight is 190 g/mol. The maximum Gasteiger partial charge on any atom is 0.0377 e. The predicted molar refractivity (Wildman–Crippen MR) is 60.2 cm³/mol. The van der Waals surface area contributed by atoms with Gasteiger partial charge in [0.2, 0.25) is 0 Å². The van der Waals surface area contributed by atoms with Gasteiger partial charge >= 0.3 is 0 Å². The van der Waals surface area contributed by atoms with Crippen LogP contribution in [0.3, 0.4) is 0 Å². The Kier molecular flexibility index (Phi) is 2.23. The number of fused-ring (bicyclic) bond motifs is 1. The number of nitrogens with two attached hydrogens (primary N) is 2. The summed E-state index contributed by atoms with van der Waals surface area (Å²) in [6.45, 7) is 4.16. The highest BCUT2D eigenvalue weighted by atomic mass is 14.7. The minimum Gasteiger partial charge on any atom is -0.398 e. The Morgan fingerprint density at radius 2 is 2.07 bits per heavy atom. The maximum absolute atomic E-state index is 6.11. The summed E-state index contributed by atoms with van der Waals surface area (Å²) in [6.07, 6.45) is 3.46. The van der Waals surface area contributed by atoms with Crippen molar-refractivity contribution < 1.29 is 0 Å². The molecule has 0 saturated heterocycles. The zero-order valence-corrected chi connectivity index (χ0v) is 8.93. The Hall–Kier alpha value is -1.02. The molecular weight excluding hydrogens is 172 g/mol. The number of rotatable bonds is 0. The van der Waals surface area contributed by atoms with Crippen LogP contribution in [0, 0.1) is 13.8 Å². The SMILES string of the molecule is Cc1cc2c(c(C)c1N)[C@H](N)CCC2. The van der Waals surface area contributed by atoms with Crippen LogP contribution < -0.4 is 11.5 Å². The lowest BCUT2D eigenvalue weighted by atomic mass is 9.83. The molecule has 0 heterocycles. The number of aryl methyl sites for hydroxylation is 2. The van der Waals surface area contributed by atoms with E-state index in [1.54, 1.807) is 0 Å². The monoisotopic (exact) mass is 190 g/mol. The summed E-state index contributed by atoms with van der Waals surface area (Å²) in [5.41, 5.74) is 18.1. The van der Waals surface area contributed by atoms with Crippen LogP contribution in [0.15, 0.2) is 6.07 Å². The minimum atomic E-state index is 0.196. The van der Waals surface area contributed by atoms with E-state index in [-0.39, 0.29) is 6.04 Å². The maximum atomic E-state index is 6.11. The third kappa shape index (κ3) is 1.30. The van der Waals surface area contributed by atoms with Crippen LogP contribution in [0.1, 0.15) is 41.1 Å². The van der Waals surface area contributed by atoms with Crippen molar-refractivity contribution >= 4 is 5.69 Å². The summed E-state index contributed by atoms with van der Waals surface area (Å²) in [5, 5.41) is 0. The fourth-order valence-electron chi connectivity index (χ4n) is 2.48. The third-order valence-corrected chi connectivity index (χ3v) is 3.30. The molecule has 2 nitrogen and oxygen atoms in total. The van der Waals surface area contributed by atoms with Gasteiger partial charge in [-0.25, -0.2) is 0 Å². The molecule has 0 aliphatic heterocycles. The van der Waals surface area contributed by atoms with Crippen LogP contribution in [0.2, 0.25) is 0 Å². The molecule has 76 valence electrons. The number of hydrogen-bond donors (Lipinski definition) is 2. The summed E-state index contributed by atoms with van der Waals surface area (Å²) >= 11 is 0. The Balaban J connectivity index is 2.64. The first-order valence-corrected chi connectivity index (χ1v) is 5.25. The summed E-state index contributed by atoms with van der Waals surface area (Å²) in [4.78, 5) is 0. The second-order valence-electron chi connectivity index (χ2n) is 4.30. The Morgan fingerprint density at radius 3 is 2.79 bits per heavy atom. The molecule has 0 saturated carbocycles. The number of anilines is 1. The molecule has 1 aliphatic rings. The van der Waals surface area contributed by atoms with Crippen LogP contribution in [0.5, 0.6) is 0 Å². The largest absolute Gasteiger partial charge is 0.398 e. The second kappa shape index (κ2) is 3.28. The van der Waals surface area contributed by atoms with Crippen molar-refractivity contribution in [1.82, 2.24) is 0 Å². The number of hydrogen-bond acceptors (Lipinski definition) is 2. The van der Waals surface area contributed by atoms with Crippen LogP contribution >= 0.6 is 0 Å². The van der Waals surface area contributed by atoms with Gasteiger partial charge in [-0.2, -0.15) is 0 Å². The van der Waals surface area contributed by atoms with Gasteiger partial charge in [0, 0.05) is 11.7 Å². The zero-order valence-electron chi connectivity index (χ0n) is 8.93. The Bertz CT molecular complexity index is 369. The first-order valence-electron chi connectivity index (χ1n) is 5.25. The molecule has 0 unspecified atom stereocenters. The van der Waals surface area contributed by atoms with E-state index >= 15 is 0 Å². The molecule has 14 heavy (non-hydrogen) atoms. The lowest BCUT2D eigenvalue weighted by Gasteiger charge is -2.26. The first kappa shape index (κ1) is 9.53. The smallest absolute Gasteiger partial charge is 0.0377 e. The van der Waals surface area contributed by atoms with E-state index in [2.05, 4.69) is 19.9 Å². The number of nitrogen functional groups attached to an aromatic ring is 1. The van der Waals surface area contributed by atoms with Gasteiger partial charge < -0.3 is 11.5 Å². The first-order chi connectivity index (χ1) is 6.61. The molecule has 0 aromatic heterocycles. The molecule has 0 bridgehead atoms. The summed E-state index contributed by atoms with van der Waals surface area (Å²) in [5.74, 6) is 0. The highest BCUT2D eigenvalue weighted by Gasteiger charge is 2.20. The summed E-state index contributed by atoms with van der Waals surface area (Å²) in [6, 6.07) is 2.40. The van der Waals surface area contributed by atoms with Gasteiger partial charge in [-0.15, -0.1) is 0 Å². The fourth-order valence-corrected chi connectivity index (χ4v) is 2.48. The van der Waals surface area contributed by atoms with Gasteiger partial charge in [0.25, 0.3) is 0 Å². The normalized spacial score (nSPS) is 20.6. The molecule has 0 amide bonds. The van der Waals surface area contributed by atoms with Gasteiger partial charge in [0.15, 0.2) is 0 Å². The van der Waals surface area contributed by atoms with Crippen LogP contribution in [-0.4, -0.2) is 0 Å². The highest BCUT2D eigenvalue weighted by Crippen LogP contribution is 2.34. The van der Waals surface area contributed by atoms with Crippen molar-refractivity contribution in [3.05, 3.63) is 28.3 Å². The molecule has 1 aliphatic carbocycles. The van der Waals surface area contributed by atoms with E-state index in [1.165, 1.54) is 28.7 Å². The van der Waals surface area contributed by atoms with Crippen molar-refractivity contribution in [1.29, 1.82) is 0 Å². The topological polar surface area (TPSA) is 52.0 Å². The third-order valence-electron chi connectivity index (χ3n) is 3.30. The molecule has 1 aromatic rings. The molecule has 0 spiro atoms. The number of benzene rings is 1. The van der Waals surface area contributed by atoms with Gasteiger partial charge in [-0.3, -0.25) is 0 Å². The molecule has 2 heteroatoms. The van der Waals surface area contributed by atoms with E-state index in [4.69, 9.17) is 11.5 Å². The zero-order chi connectivity index (χ0) is 10.3. The van der Waals surface area contributed by atoms with Crippen molar-refractivity contribution in [2.45, 2.75) is 39.2 Å². The van der Waals surface area contributed by atoms with Crippen molar-refractivity contribution in [3.8, 4) is 0 Å². The molecule has 4 N–H and O–H groups in total. The predicted octanol–water partition coefficient (Wildman–Crippen LogP) is 2.22. The van der Waals surface area contributed by atoms with E-state index in [0.717, 1.165) is 18.5 Å². The van der Waals surface area contributed by atoms with Gasteiger partial charge in [-0.1, -0.05) is 6.07 Å². The molecule has 0 fully saturated rings. The van der Waals surface area contributed by atoms with Crippen LogP contribution in [0.4, 0.5) is 5.69 Å². The summed E-state index contributed by atoms with van der Waals surface area (Å²) in [7, 11) is 0. The van der Waals surface area contributed by atoms with E-state index in [0.29, 0.717) is 0 Å². The second-order valence-corrected chi connectivity index (χ2v) is 4.30. The quantitative estimate of drug-likeness (QED) is 0.616. The molecule has 2 rings (SSSR count). The Morgan fingerprint density at radius 1 is 1.36 bits per heavy atom. The van der Waals surface area contributed by atoms with Gasteiger partial charge in [-0.05, 0) is 55.4 Å². The van der Waals surface area contributed by atoms with E-state index in [1.807, 2.05) is 0 Å². The molecular formula is C12H18N2. The summed E-state index contributed by atoms with van der Waals surface area (Å²) < 4.78 is 0. The average Bonchev–Trinajstić information content (AvgIpc) is 2.14. The molecule has 1 aromatic carbocycles. The van der Waals surface area contributed by atoms with Crippen molar-refractivity contribution in [3.63, 3.8) is 0 Å². The fraction of sp³-hybridized carbons (Fsp3) is 0.500. The van der Waals surface area contributed by atoms with Gasteiger partial charge in [0.1, 0.15) is 0 Å². The molecule has 1 atom stereocenters. The van der Waals surface area contributed by atoms with Crippen LogP contribution in [-0.2, 0) is 6.42 Å². The Labute approximate surface area is 85.3 Å². The lowest BCUT2D eigenvalue weighted by molar-refractivity contribution is 0.567. The van der Waals surface area contributed by atoms with Crippen molar-refractivity contribution in [2.24, 2.45) is 5.73 Å². The highest BCUT2D eigenvalue weighted by molar-refractivity contribution is 5.60.